The second-order valence-electron chi connectivity index (χ2n) is 4.27. The van der Waals surface area contributed by atoms with Gasteiger partial charge in [0.2, 0.25) is 5.13 Å². The number of carboxylic acid groups (broad SMARTS) is 1. The Morgan fingerprint density at radius 2 is 2.30 bits per heavy atom. The van der Waals surface area contributed by atoms with Crippen LogP contribution in [0.3, 0.4) is 0 Å². The Labute approximate surface area is 120 Å². The van der Waals surface area contributed by atoms with Gasteiger partial charge in [0.25, 0.3) is 0 Å². The van der Waals surface area contributed by atoms with E-state index in [4.69, 9.17) is 9.84 Å². The van der Waals surface area contributed by atoms with Gasteiger partial charge in [-0.1, -0.05) is 12.1 Å². The number of hydrogen-bond acceptors (Lipinski definition) is 6. The molecule has 0 saturated carbocycles. The molecule has 0 unspecified atom stereocenters. The molecule has 0 radical (unpaired) electrons. The van der Waals surface area contributed by atoms with Gasteiger partial charge in [-0.25, -0.2) is 4.98 Å². The fourth-order valence-electron chi connectivity index (χ4n) is 1.71. The average Bonchev–Trinajstić information content (AvgIpc) is 2.87. The Kier molecular flexibility index (Phi) is 4.52. The average molecular weight is 293 g/mol. The third kappa shape index (κ3) is 3.67. The molecule has 0 amide bonds. The number of carbonyl (C=O) groups is 1. The van der Waals surface area contributed by atoms with Crippen LogP contribution in [0.1, 0.15) is 11.4 Å². The summed E-state index contributed by atoms with van der Waals surface area (Å²) in [6.45, 7) is -0.0895. The van der Waals surface area contributed by atoms with Crippen molar-refractivity contribution in [1.82, 2.24) is 9.36 Å². The summed E-state index contributed by atoms with van der Waals surface area (Å²) in [6, 6.07) is 7.70. The highest BCUT2D eigenvalue weighted by Crippen LogP contribution is 2.19. The van der Waals surface area contributed by atoms with Crippen LogP contribution >= 0.6 is 11.5 Å². The molecule has 106 valence electrons. The largest absolute Gasteiger partial charge is 0.497 e. The van der Waals surface area contributed by atoms with Crippen LogP contribution in [0.5, 0.6) is 5.75 Å². The quantitative estimate of drug-likeness (QED) is 0.873. The molecule has 0 saturated heterocycles. The first-order chi connectivity index (χ1) is 9.58. The summed E-state index contributed by atoms with van der Waals surface area (Å²) in [5.41, 5.74) is 1.05. The van der Waals surface area contributed by atoms with Gasteiger partial charge >= 0.3 is 5.97 Å². The molecular weight excluding hydrogens is 278 g/mol. The molecule has 0 aliphatic heterocycles. The van der Waals surface area contributed by atoms with Gasteiger partial charge in [-0.3, -0.25) is 4.79 Å². The summed E-state index contributed by atoms with van der Waals surface area (Å²) in [6.07, 6.45) is 0.592. The van der Waals surface area contributed by atoms with Crippen LogP contribution in [0.2, 0.25) is 0 Å². The van der Waals surface area contributed by atoms with E-state index in [0.29, 0.717) is 17.4 Å². The van der Waals surface area contributed by atoms with Crippen molar-refractivity contribution in [2.45, 2.75) is 6.42 Å². The molecule has 1 N–H and O–H groups in total. The number of hydrogen-bond donors (Lipinski definition) is 1. The second-order valence-corrected chi connectivity index (χ2v) is 5.00. The number of rotatable bonds is 6. The monoisotopic (exact) mass is 293 g/mol. The minimum Gasteiger partial charge on any atom is -0.497 e. The zero-order chi connectivity index (χ0) is 14.5. The molecule has 2 aromatic rings. The van der Waals surface area contributed by atoms with Crippen molar-refractivity contribution < 1.29 is 14.6 Å². The Balaban J connectivity index is 2.07. The Hall–Kier alpha value is -2.15. The maximum atomic E-state index is 10.7. The molecule has 20 heavy (non-hydrogen) atoms. The molecule has 0 aliphatic carbocycles. The highest BCUT2D eigenvalue weighted by atomic mass is 32.1. The number of ether oxygens (including phenoxy) is 1. The molecule has 0 bridgehead atoms. The summed E-state index contributed by atoms with van der Waals surface area (Å²) >= 11 is 1.20. The third-order valence-electron chi connectivity index (χ3n) is 2.65. The van der Waals surface area contributed by atoms with Gasteiger partial charge in [0, 0.05) is 25.0 Å². The highest BCUT2D eigenvalue weighted by Gasteiger charge is 2.12. The van der Waals surface area contributed by atoms with Crippen molar-refractivity contribution in [3.05, 3.63) is 35.7 Å². The van der Waals surface area contributed by atoms with E-state index in [1.165, 1.54) is 11.5 Å². The van der Waals surface area contributed by atoms with Crippen LogP contribution in [0.4, 0.5) is 5.13 Å². The van der Waals surface area contributed by atoms with Crippen LogP contribution in [0, 0.1) is 0 Å². The minimum atomic E-state index is -0.892. The van der Waals surface area contributed by atoms with Gasteiger partial charge in [-0.05, 0) is 17.7 Å². The van der Waals surface area contributed by atoms with E-state index in [-0.39, 0.29) is 6.54 Å². The van der Waals surface area contributed by atoms with E-state index in [1.807, 2.05) is 24.3 Å². The molecule has 1 aromatic heterocycles. The first kappa shape index (κ1) is 14.3. The fraction of sp³-hybridized carbons (Fsp3) is 0.308. The molecule has 7 heteroatoms. The van der Waals surface area contributed by atoms with Gasteiger partial charge in [0.05, 0.1) is 7.11 Å². The lowest BCUT2D eigenvalue weighted by Crippen LogP contribution is -2.24. The Morgan fingerprint density at radius 3 is 3.00 bits per heavy atom. The molecular formula is C13H15N3O3S. The van der Waals surface area contributed by atoms with Crippen LogP contribution < -0.4 is 9.64 Å². The van der Waals surface area contributed by atoms with Crippen molar-refractivity contribution >= 4 is 22.6 Å². The minimum absolute atomic E-state index is 0.0895. The third-order valence-corrected chi connectivity index (χ3v) is 3.52. The molecule has 1 aromatic carbocycles. The van der Waals surface area contributed by atoms with Gasteiger partial charge in [0.15, 0.2) is 0 Å². The molecule has 6 nitrogen and oxygen atoms in total. The molecule has 1 heterocycles. The summed E-state index contributed by atoms with van der Waals surface area (Å²) in [5, 5.41) is 9.35. The van der Waals surface area contributed by atoms with E-state index in [9.17, 15) is 4.79 Å². The summed E-state index contributed by atoms with van der Waals surface area (Å²) in [4.78, 5) is 16.6. The lowest BCUT2D eigenvalue weighted by molar-refractivity contribution is -0.135. The number of aromatic nitrogens is 2. The molecule has 0 atom stereocenters. The number of carboxylic acids is 1. The Morgan fingerprint density at radius 1 is 1.50 bits per heavy atom. The normalized spacial score (nSPS) is 10.3. The number of nitrogens with zero attached hydrogens (tertiary/aromatic N) is 3. The van der Waals surface area contributed by atoms with Crippen molar-refractivity contribution in [1.29, 1.82) is 0 Å². The smallest absolute Gasteiger partial charge is 0.323 e. The van der Waals surface area contributed by atoms with Crippen molar-refractivity contribution in [3.8, 4) is 5.75 Å². The van der Waals surface area contributed by atoms with Crippen molar-refractivity contribution in [2.24, 2.45) is 0 Å². The standard InChI is InChI=1S/C13H15N3O3S/c1-16(8-12(17)18)13-14-11(15-20-13)7-9-4-3-5-10(6-9)19-2/h3-6H,7-8H2,1-2H3,(H,17,18). The number of benzene rings is 1. The van der Waals surface area contributed by atoms with Gasteiger partial charge in [-0.2, -0.15) is 4.37 Å². The summed E-state index contributed by atoms with van der Waals surface area (Å²) in [5.74, 6) is 0.577. The SMILES string of the molecule is COc1cccc(Cc2nsc(N(C)CC(=O)O)n2)c1. The number of anilines is 1. The van der Waals surface area contributed by atoms with Crippen molar-refractivity contribution in [3.63, 3.8) is 0 Å². The van der Waals surface area contributed by atoms with Crippen LogP contribution in [-0.4, -0.2) is 41.1 Å². The van der Waals surface area contributed by atoms with Crippen LogP contribution in [0.25, 0.3) is 0 Å². The summed E-state index contributed by atoms with van der Waals surface area (Å²) < 4.78 is 9.42. The zero-order valence-corrected chi connectivity index (χ0v) is 12.1. The van der Waals surface area contributed by atoms with Crippen molar-refractivity contribution in [2.75, 3.05) is 25.6 Å². The Bertz CT molecular complexity index is 600. The predicted molar refractivity (Wildman–Crippen MR) is 76.6 cm³/mol. The van der Waals surface area contributed by atoms with Gasteiger partial charge in [0.1, 0.15) is 18.1 Å². The fourth-order valence-corrected chi connectivity index (χ4v) is 2.35. The number of aliphatic carboxylic acids is 1. The van der Waals surface area contributed by atoms with E-state index < -0.39 is 5.97 Å². The molecule has 0 spiro atoms. The molecule has 2 rings (SSSR count). The van der Waals surface area contributed by atoms with Crippen LogP contribution in [-0.2, 0) is 11.2 Å². The van der Waals surface area contributed by atoms with E-state index >= 15 is 0 Å². The van der Waals surface area contributed by atoms with E-state index in [1.54, 1.807) is 19.1 Å². The number of methoxy groups -OCH3 is 1. The van der Waals surface area contributed by atoms with Gasteiger partial charge in [-0.15, -0.1) is 0 Å². The van der Waals surface area contributed by atoms with Gasteiger partial charge < -0.3 is 14.7 Å². The maximum Gasteiger partial charge on any atom is 0.323 e. The van der Waals surface area contributed by atoms with E-state index in [0.717, 1.165) is 11.3 Å². The predicted octanol–water partition coefficient (Wildman–Crippen LogP) is 1.66. The first-order valence-electron chi connectivity index (χ1n) is 5.97. The molecule has 0 aliphatic rings. The highest BCUT2D eigenvalue weighted by molar-refractivity contribution is 7.09. The van der Waals surface area contributed by atoms with Crippen LogP contribution in [0.15, 0.2) is 24.3 Å². The zero-order valence-electron chi connectivity index (χ0n) is 11.2. The maximum absolute atomic E-state index is 10.7. The topological polar surface area (TPSA) is 75.5 Å². The number of likely N-dealkylation sites (N-methyl/N-ethyl adjacent to an activating group) is 1. The lowest BCUT2D eigenvalue weighted by Gasteiger charge is -2.10. The first-order valence-corrected chi connectivity index (χ1v) is 6.74. The summed E-state index contributed by atoms with van der Waals surface area (Å²) in [7, 11) is 3.31. The second kappa shape index (κ2) is 6.33. The van der Waals surface area contributed by atoms with E-state index in [2.05, 4.69) is 9.36 Å². The lowest BCUT2D eigenvalue weighted by atomic mass is 10.1. The molecule has 0 fully saturated rings.